The number of pyridine rings is 1. The zero-order valence-electron chi connectivity index (χ0n) is 21.6. The van der Waals surface area contributed by atoms with E-state index >= 15 is 0 Å². The van der Waals surface area contributed by atoms with Gasteiger partial charge in [-0.2, -0.15) is 0 Å². The summed E-state index contributed by atoms with van der Waals surface area (Å²) in [6.45, 7) is 3.65. The first-order valence-electron chi connectivity index (χ1n) is 13.8. The van der Waals surface area contributed by atoms with Crippen molar-refractivity contribution in [1.82, 2.24) is 29.1 Å². The zero-order chi connectivity index (χ0) is 26.0. The van der Waals surface area contributed by atoms with Crippen molar-refractivity contribution in [2.75, 3.05) is 36.5 Å². The fourth-order valence-electron chi connectivity index (χ4n) is 5.71. The van der Waals surface area contributed by atoms with E-state index in [9.17, 15) is 4.79 Å². The predicted octanol–water partition coefficient (Wildman–Crippen LogP) is 4.67. The fourth-order valence-corrected chi connectivity index (χ4v) is 6.46. The molecule has 200 valence electrons. The van der Waals surface area contributed by atoms with Crippen molar-refractivity contribution in [2.45, 2.75) is 50.5 Å². The van der Waals surface area contributed by atoms with Gasteiger partial charge in [-0.25, -0.2) is 19.9 Å². The lowest BCUT2D eigenvalue weighted by atomic mass is 9.77. The normalized spacial score (nSPS) is 20.3. The molecule has 1 N–H and O–H groups in total. The van der Waals surface area contributed by atoms with Crippen molar-refractivity contribution in [3.8, 4) is 16.5 Å². The number of ether oxygens (including phenoxy) is 1. The molecule has 0 aromatic carbocycles. The third-order valence-electron chi connectivity index (χ3n) is 8.50. The molecule has 4 aromatic heterocycles. The monoisotopic (exact) mass is 542 g/mol. The van der Waals surface area contributed by atoms with Crippen LogP contribution in [-0.2, 0) is 4.74 Å². The lowest BCUT2D eigenvalue weighted by molar-refractivity contribution is -0.124. The van der Waals surface area contributed by atoms with Crippen LogP contribution >= 0.6 is 11.3 Å². The van der Waals surface area contributed by atoms with Crippen LogP contribution in [-0.4, -0.2) is 61.3 Å². The maximum Gasteiger partial charge on any atom is 0.275 e. The van der Waals surface area contributed by atoms with Crippen LogP contribution in [0.4, 0.5) is 11.5 Å². The second-order valence-electron chi connectivity index (χ2n) is 11.4. The van der Waals surface area contributed by atoms with Crippen molar-refractivity contribution < 1.29 is 9.53 Å². The van der Waals surface area contributed by atoms with Gasteiger partial charge in [-0.3, -0.25) is 4.79 Å². The van der Waals surface area contributed by atoms with E-state index in [4.69, 9.17) is 4.74 Å². The quantitative estimate of drug-likeness (QED) is 0.362. The molecule has 4 aromatic rings. The average Bonchev–Trinajstić information content (AvgIpc) is 3.82. The Morgan fingerprint density at radius 1 is 1.08 bits per heavy atom. The number of imidazole rings is 2. The van der Waals surface area contributed by atoms with Crippen molar-refractivity contribution in [3.05, 3.63) is 53.9 Å². The summed E-state index contributed by atoms with van der Waals surface area (Å²) in [4.78, 5) is 34.2. The minimum Gasteiger partial charge on any atom is -0.380 e. The summed E-state index contributed by atoms with van der Waals surface area (Å²) in [6.07, 6.45) is 16.6. The van der Waals surface area contributed by atoms with E-state index in [2.05, 4.69) is 45.5 Å². The molecule has 2 saturated carbocycles. The van der Waals surface area contributed by atoms with E-state index in [1.165, 1.54) is 37.0 Å². The molecule has 10 nitrogen and oxygen atoms in total. The summed E-state index contributed by atoms with van der Waals surface area (Å²) >= 11 is 1.49. The number of hydrogen-bond acceptors (Lipinski definition) is 8. The van der Waals surface area contributed by atoms with Gasteiger partial charge in [0.1, 0.15) is 11.5 Å². The van der Waals surface area contributed by atoms with Gasteiger partial charge in [0.15, 0.2) is 10.8 Å². The first kappa shape index (κ1) is 23.3. The minimum atomic E-state index is -0.281. The van der Waals surface area contributed by atoms with Gasteiger partial charge in [-0.1, -0.05) is 0 Å². The number of carbonyl (C=O) groups excluding carboxylic acids is 1. The van der Waals surface area contributed by atoms with E-state index in [-0.39, 0.29) is 5.91 Å². The molecule has 11 heteroatoms. The predicted molar refractivity (Wildman–Crippen MR) is 148 cm³/mol. The van der Waals surface area contributed by atoms with Crippen LogP contribution in [0.2, 0.25) is 0 Å². The van der Waals surface area contributed by atoms with E-state index in [1.807, 2.05) is 36.4 Å². The highest BCUT2D eigenvalue weighted by Gasteiger charge is 2.41. The molecule has 6 heterocycles. The van der Waals surface area contributed by atoms with Crippen LogP contribution in [0, 0.1) is 5.41 Å². The Morgan fingerprint density at radius 3 is 2.67 bits per heavy atom. The third-order valence-corrected chi connectivity index (χ3v) is 9.34. The van der Waals surface area contributed by atoms with Gasteiger partial charge < -0.3 is 24.1 Å². The zero-order valence-corrected chi connectivity index (χ0v) is 22.4. The molecule has 2 saturated heterocycles. The Kier molecular flexibility index (Phi) is 5.38. The summed E-state index contributed by atoms with van der Waals surface area (Å²) in [5, 5.41) is 5.61. The van der Waals surface area contributed by atoms with E-state index in [0.717, 1.165) is 67.0 Å². The molecule has 1 amide bonds. The van der Waals surface area contributed by atoms with E-state index < -0.39 is 0 Å². The average molecular weight is 543 g/mol. The van der Waals surface area contributed by atoms with Crippen molar-refractivity contribution in [3.63, 3.8) is 0 Å². The van der Waals surface area contributed by atoms with Gasteiger partial charge in [0.2, 0.25) is 0 Å². The van der Waals surface area contributed by atoms with Gasteiger partial charge in [0.25, 0.3) is 5.91 Å². The largest absolute Gasteiger partial charge is 0.380 e. The number of hydrogen-bond donors (Lipinski definition) is 1. The molecular weight excluding hydrogens is 512 g/mol. The second kappa shape index (κ2) is 8.99. The molecule has 4 fully saturated rings. The number of carbonyl (C=O) groups is 1. The smallest absolute Gasteiger partial charge is 0.275 e. The van der Waals surface area contributed by atoms with Crippen molar-refractivity contribution in [2.24, 2.45) is 5.41 Å². The van der Waals surface area contributed by atoms with Crippen molar-refractivity contribution in [1.29, 1.82) is 0 Å². The van der Waals surface area contributed by atoms with Gasteiger partial charge in [0, 0.05) is 54.4 Å². The summed E-state index contributed by atoms with van der Waals surface area (Å²) in [5.41, 5.74) is 3.78. The van der Waals surface area contributed by atoms with E-state index in [0.29, 0.717) is 28.9 Å². The Morgan fingerprint density at radius 2 is 1.92 bits per heavy atom. The summed E-state index contributed by atoms with van der Waals surface area (Å²) < 4.78 is 9.75. The fraction of sp³-hybridized carbons (Fsp3) is 0.464. The highest BCUT2D eigenvalue weighted by molar-refractivity contribution is 7.13. The first-order chi connectivity index (χ1) is 19.1. The lowest BCUT2D eigenvalue weighted by Crippen LogP contribution is -2.51. The highest BCUT2D eigenvalue weighted by atomic mass is 32.1. The van der Waals surface area contributed by atoms with Gasteiger partial charge >= 0.3 is 0 Å². The van der Waals surface area contributed by atoms with E-state index in [1.54, 1.807) is 0 Å². The first-order valence-corrected chi connectivity index (χ1v) is 14.7. The SMILES string of the molecule is O=C(Nc1csc(-c2nccn2C2CC2)n1)c1cc(-n2cnc(C3CC3)c2)c(N2CCC3(CC2)COC3)cn1. The van der Waals surface area contributed by atoms with Crippen LogP contribution in [0.15, 0.2) is 42.6 Å². The van der Waals surface area contributed by atoms with Gasteiger partial charge in [0.05, 0.1) is 42.8 Å². The standard InChI is InChI=1S/C28H30N8O2S/c37-26(32-24-14-39-27(33-24)25-29-7-10-36(25)19-3-4-19)20-11-22(35-13-21(31-17-35)18-1-2-18)23(12-30-20)34-8-5-28(6-9-34)15-38-16-28/h7,10-14,17-19H,1-6,8-9,15-16H2,(H,32,37). The van der Waals surface area contributed by atoms with Crippen LogP contribution in [0.5, 0.6) is 0 Å². The molecule has 0 radical (unpaired) electrons. The number of thiazole rings is 1. The maximum absolute atomic E-state index is 13.3. The second-order valence-corrected chi connectivity index (χ2v) is 12.3. The summed E-state index contributed by atoms with van der Waals surface area (Å²) in [6, 6.07) is 2.40. The number of aromatic nitrogens is 6. The van der Waals surface area contributed by atoms with Crippen LogP contribution in [0.25, 0.3) is 16.5 Å². The maximum atomic E-state index is 13.3. The lowest BCUT2D eigenvalue weighted by Gasteiger charge is -2.48. The molecule has 0 bridgehead atoms. The molecule has 2 aliphatic heterocycles. The molecular formula is C28H30N8O2S. The number of rotatable bonds is 7. The Labute approximate surface area is 230 Å². The number of anilines is 2. The molecule has 1 spiro atoms. The highest BCUT2D eigenvalue weighted by Crippen LogP contribution is 2.42. The van der Waals surface area contributed by atoms with Crippen molar-refractivity contribution >= 4 is 28.7 Å². The molecule has 8 rings (SSSR count). The molecule has 2 aliphatic carbocycles. The third kappa shape index (κ3) is 4.33. The molecule has 39 heavy (non-hydrogen) atoms. The van der Waals surface area contributed by atoms with Crippen LogP contribution in [0.3, 0.4) is 0 Å². The number of nitrogens with zero attached hydrogens (tertiary/aromatic N) is 7. The Hall–Kier alpha value is -3.57. The number of amides is 1. The molecule has 4 aliphatic rings. The van der Waals surface area contributed by atoms with Gasteiger partial charge in [-0.15, -0.1) is 11.3 Å². The number of nitrogens with one attached hydrogen (secondary N) is 1. The topological polar surface area (TPSA) is 103 Å². The Balaban J connectivity index is 1.06. The summed E-state index contributed by atoms with van der Waals surface area (Å²) in [7, 11) is 0. The Bertz CT molecular complexity index is 1530. The summed E-state index contributed by atoms with van der Waals surface area (Å²) in [5.74, 6) is 1.65. The molecule has 0 atom stereocenters. The number of piperidine rings is 1. The molecule has 0 unspecified atom stereocenters. The van der Waals surface area contributed by atoms with Crippen LogP contribution in [0.1, 0.15) is 66.7 Å². The van der Waals surface area contributed by atoms with Crippen LogP contribution < -0.4 is 10.2 Å². The minimum absolute atomic E-state index is 0.281. The van der Waals surface area contributed by atoms with Gasteiger partial charge in [-0.05, 0) is 44.6 Å².